The second-order valence-corrected chi connectivity index (χ2v) is 6.30. The lowest BCUT2D eigenvalue weighted by atomic mass is 10.0. The van der Waals surface area contributed by atoms with Gasteiger partial charge in [-0.15, -0.1) is 0 Å². The fraction of sp³-hybridized carbons (Fsp3) is 0.923. The summed E-state index contributed by atoms with van der Waals surface area (Å²) in [6, 6.07) is 0.248. The molecule has 18 heavy (non-hydrogen) atoms. The van der Waals surface area contributed by atoms with E-state index in [0.717, 1.165) is 25.2 Å². The van der Waals surface area contributed by atoms with Crippen molar-refractivity contribution in [3.63, 3.8) is 0 Å². The smallest absolute Gasteiger partial charge is 0.326 e. The van der Waals surface area contributed by atoms with E-state index in [9.17, 15) is 4.79 Å². The fourth-order valence-corrected chi connectivity index (χ4v) is 3.45. The highest BCUT2D eigenvalue weighted by atomic mass is 32.2. The van der Waals surface area contributed by atoms with Gasteiger partial charge in [0.1, 0.15) is 5.54 Å². The fourth-order valence-electron chi connectivity index (χ4n) is 2.19. The molecule has 0 aromatic rings. The van der Waals surface area contributed by atoms with Crippen LogP contribution in [0.2, 0.25) is 0 Å². The summed E-state index contributed by atoms with van der Waals surface area (Å²) >= 11 is 1.75. The van der Waals surface area contributed by atoms with E-state index in [-0.39, 0.29) is 12.0 Å². The zero-order chi connectivity index (χ0) is 13.6. The van der Waals surface area contributed by atoms with E-state index in [1.54, 1.807) is 11.8 Å². The first-order valence-corrected chi connectivity index (χ1v) is 7.69. The van der Waals surface area contributed by atoms with Crippen molar-refractivity contribution in [1.29, 1.82) is 0 Å². The molecule has 106 valence electrons. The molecule has 2 unspecified atom stereocenters. The van der Waals surface area contributed by atoms with Crippen LogP contribution in [0.4, 0.5) is 0 Å². The third-order valence-corrected chi connectivity index (χ3v) is 4.35. The largest absolute Gasteiger partial charge is 0.468 e. The molecule has 0 spiro atoms. The van der Waals surface area contributed by atoms with Crippen LogP contribution in [0.15, 0.2) is 0 Å². The van der Waals surface area contributed by atoms with Crippen LogP contribution in [-0.2, 0) is 14.3 Å². The minimum Gasteiger partial charge on any atom is -0.468 e. The van der Waals surface area contributed by atoms with Crippen molar-refractivity contribution in [2.45, 2.75) is 51.3 Å². The summed E-state index contributed by atoms with van der Waals surface area (Å²) in [5, 5.41) is 3.30. The monoisotopic (exact) mass is 275 g/mol. The van der Waals surface area contributed by atoms with Crippen LogP contribution in [0.25, 0.3) is 0 Å². The van der Waals surface area contributed by atoms with Gasteiger partial charge in [-0.05, 0) is 33.6 Å². The number of nitrogens with one attached hydrogen (secondary N) is 1. The lowest BCUT2D eigenvalue weighted by Gasteiger charge is -2.30. The van der Waals surface area contributed by atoms with Crippen molar-refractivity contribution < 1.29 is 14.3 Å². The van der Waals surface area contributed by atoms with Gasteiger partial charge in [0, 0.05) is 24.2 Å². The van der Waals surface area contributed by atoms with Gasteiger partial charge in [0.25, 0.3) is 0 Å². The second-order valence-electron chi connectivity index (χ2n) is 5.27. The first kappa shape index (κ1) is 15.8. The molecular formula is C13H25NO3S. The van der Waals surface area contributed by atoms with Gasteiger partial charge < -0.3 is 9.47 Å². The third-order valence-electron chi connectivity index (χ3n) is 2.96. The molecule has 0 aliphatic carbocycles. The van der Waals surface area contributed by atoms with Crippen molar-refractivity contribution in [3.05, 3.63) is 0 Å². The molecular weight excluding hydrogens is 250 g/mol. The predicted molar refractivity (Wildman–Crippen MR) is 75.0 cm³/mol. The van der Waals surface area contributed by atoms with Crippen molar-refractivity contribution in [2.75, 3.05) is 25.2 Å². The quantitative estimate of drug-likeness (QED) is 0.718. The topological polar surface area (TPSA) is 47.6 Å². The highest BCUT2D eigenvalue weighted by Gasteiger charge is 2.35. The van der Waals surface area contributed by atoms with Crippen LogP contribution in [0, 0.1) is 0 Å². The maximum absolute atomic E-state index is 11.9. The van der Waals surface area contributed by atoms with Gasteiger partial charge in [0.05, 0.1) is 13.2 Å². The minimum atomic E-state index is -0.619. The molecule has 1 aliphatic rings. The van der Waals surface area contributed by atoms with Gasteiger partial charge >= 0.3 is 5.97 Å². The average molecular weight is 275 g/mol. The van der Waals surface area contributed by atoms with Gasteiger partial charge in [0.2, 0.25) is 0 Å². The molecule has 0 aromatic carbocycles. The number of carbonyl (C=O) groups is 1. The molecule has 1 N–H and O–H groups in total. The van der Waals surface area contributed by atoms with Crippen LogP contribution in [0.3, 0.4) is 0 Å². The van der Waals surface area contributed by atoms with Crippen molar-refractivity contribution in [2.24, 2.45) is 0 Å². The summed E-state index contributed by atoms with van der Waals surface area (Å²) in [6.45, 7) is 6.85. The number of esters is 1. The Morgan fingerprint density at radius 2 is 2.33 bits per heavy atom. The first-order chi connectivity index (χ1) is 8.48. The maximum atomic E-state index is 11.9. The van der Waals surface area contributed by atoms with E-state index < -0.39 is 5.54 Å². The molecule has 4 nitrogen and oxygen atoms in total. The van der Waals surface area contributed by atoms with Gasteiger partial charge in [-0.1, -0.05) is 0 Å². The lowest BCUT2D eigenvalue weighted by Crippen LogP contribution is -2.55. The van der Waals surface area contributed by atoms with Gasteiger partial charge in [-0.3, -0.25) is 10.1 Å². The van der Waals surface area contributed by atoms with Gasteiger partial charge in [-0.2, -0.15) is 11.8 Å². The minimum absolute atomic E-state index is 0.198. The number of ether oxygens (including phenoxy) is 2. The van der Waals surface area contributed by atoms with Gasteiger partial charge in [-0.25, -0.2) is 0 Å². The Labute approximate surface area is 114 Å². The Hall–Kier alpha value is -0.260. The zero-order valence-corrected chi connectivity index (χ0v) is 12.6. The number of thioether (sulfide) groups is 1. The highest BCUT2D eigenvalue weighted by Crippen LogP contribution is 2.21. The number of hydrogen-bond acceptors (Lipinski definition) is 5. The van der Waals surface area contributed by atoms with Crippen LogP contribution in [0.5, 0.6) is 0 Å². The normalized spacial score (nSPS) is 23.1. The summed E-state index contributed by atoms with van der Waals surface area (Å²) in [6.07, 6.45) is 2.65. The summed E-state index contributed by atoms with van der Waals surface area (Å²) in [7, 11) is 1.44. The van der Waals surface area contributed by atoms with E-state index in [1.165, 1.54) is 7.11 Å². The van der Waals surface area contributed by atoms with Crippen LogP contribution >= 0.6 is 11.8 Å². The molecule has 5 heteroatoms. The van der Waals surface area contributed by atoms with Crippen molar-refractivity contribution in [1.82, 2.24) is 5.32 Å². The van der Waals surface area contributed by atoms with Crippen molar-refractivity contribution >= 4 is 17.7 Å². The Morgan fingerprint density at radius 3 is 2.83 bits per heavy atom. The zero-order valence-electron chi connectivity index (χ0n) is 11.8. The average Bonchev–Trinajstić information content (AvgIpc) is 2.80. The first-order valence-electron chi connectivity index (χ1n) is 6.53. The van der Waals surface area contributed by atoms with Crippen LogP contribution in [0.1, 0.15) is 33.6 Å². The standard InChI is InChI=1S/C13H25NO3S/c1-10(2)14-13(3,12(15)16-4)9-18-8-11-6-5-7-17-11/h10-11,14H,5-9H2,1-4H3. The molecule has 1 fully saturated rings. The summed E-state index contributed by atoms with van der Waals surface area (Å²) in [5.74, 6) is 1.46. The predicted octanol–water partition coefficient (Wildman–Crippen LogP) is 1.83. The molecule has 0 radical (unpaired) electrons. The molecule has 1 heterocycles. The van der Waals surface area contributed by atoms with Crippen molar-refractivity contribution in [3.8, 4) is 0 Å². The van der Waals surface area contributed by atoms with E-state index in [0.29, 0.717) is 11.9 Å². The number of carbonyl (C=O) groups excluding carboxylic acids is 1. The number of rotatable bonds is 7. The molecule has 0 amide bonds. The maximum Gasteiger partial charge on any atom is 0.326 e. The van der Waals surface area contributed by atoms with E-state index in [1.807, 2.05) is 20.8 Å². The third kappa shape index (κ3) is 4.78. The Bertz CT molecular complexity index is 267. The Kier molecular flexibility index (Phi) is 6.46. The van der Waals surface area contributed by atoms with E-state index in [2.05, 4.69) is 5.32 Å². The second kappa shape index (κ2) is 7.36. The lowest BCUT2D eigenvalue weighted by molar-refractivity contribution is -0.147. The van der Waals surface area contributed by atoms with E-state index in [4.69, 9.17) is 9.47 Å². The van der Waals surface area contributed by atoms with Crippen LogP contribution < -0.4 is 5.32 Å². The molecule has 2 atom stereocenters. The summed E-state index contributed by atoms with van der Waals surface area (Å²) in [5.41, 5.74) is -0.619. The number of hydrogen-bond donors (Lipinski definition) is 1. The summed E-state index contributed by atoms with van der Waals surface area (Å²) in [4.78, 5) is 11.9. The van der Waals surface area contributed by atoms with Crippen LogP contribution in [-0.4, -0.2) is 48.9 Å². The van der Waals surface area contributed by atoms with E-state index >= 15 is 0 Å². The summed E-state index contributed by atoms with van der Waals surface area (Å²) < 4.78 is 10.5. The molecule has 0 aromatic heterocycles. The SMILES string of the molecule is COC(=O)C(C)(CSCC1CCCO1)NC(C)C. The molecule has 0 bridgehead atoms. The Morgan fingerprint density at radius 1 is 1.61 bits per heavy atom. The Balaban J connectivity index is 2.42. The highest BCUT2D eigenvalue weighted by molar-refractivity contribution is 7.99. The number of methoxy groups -OCH3 is 1. The molecule has 1 saturated heterocycles. The molecule has 1 rings (SSSR count). The van der Waals surface area contributed by atoms with Gasteiger partial charge in [0.15, 0.2) is 0 Å². The molecule has 0 saturated carbocycles. The molecule has 1 aliphatic heterocycles.